The molecule has 11 heteroatoms. The number of benzene rings is 3. The first-order valence-corrected chi connectivity index (χ1v) is 15.4. The number of ether oxygens (including phenoxy) is 1. The van der Waals surface area contributed by atoms with Gasteiger partial charge >= 0.3 is 0 Å². The van der Waals surface area contributed by atoms with Crippen LogP contribution in [0.25, 0.3) is 10.2 Å². The SMILES string of the molecule is Cl.O=C(c1ccc(S(=O)(=O)N2CCc3ccccc32)cc1)N(CCCN1CCOCC1)c1nc2ccccc2s1. The maximum atomic E-state index is 13.8. The molecular weight excluding hydrogens is 568 g/mol. The average Bonchev–Trinajstić information content (AvgIpc) is 3.61. The second-order valence-electron chi connectivity index (χ2n) is 9.71. The van der Waals surface area contributed by atoms with Gasteiger partial charge in [-0.2, -0.15) is 0 Å². The Bertz CT molecular complexity index is 1550. The Balaban J connectivity index is 0.00000323. The molecule has 6 rings (SSSR count). The summed E-state index contributed by atoms with van der Waals surface area (Å²) in [7, 11) is -3.73. The third-order valence-corrected chi connectivity index (χ3v) is 10.1. The maximum absolute atomic E-state index is 13.8. The molecule has 0 aliphatic carbocycles. The van der Waals surface area contributed by atoms with Crippen molar-refractivity contribution in [1.29, 1.82) is 0 Å². The van der Waals surface area contributed by atoms with Crippen molar-refractivity contribution in [2.24, 2.45) is 0 Å². The molecular formula is C29H31ClN4O4S2. The predicted octanol–water partition coefficient (Wildman–Crippen LogP) is 4.84. The van der Waals surface area contributed by atoms with Gasteiger partial charge in [-0.1, -0.05) is 41.7 Å². The van der Waals surface area contributed by atoms with Crippen LogP contribution >= 0.6 is 23.7 Å². The van der Waals surface area contributed by atoms with Gasteiger partial charge in [-0.05, 0) is 60.9 Å². The van der Waals surface area contributed by atoms with E-state index in [1.165, 1.54) is 27.8 Å². The molecule has 0 radical (unpaired) electrons. The van der Waals surface area contributed by atoms with E-state index in [1.807, 2.05) is 48.5 Å². The number of fused-ring (bicyclic) bond motifs is 2. The number of anilines is 2. The summed E-state index contributed by atoms with van der Waals surface area (Å²) in [5.41, 5.74) is 3.04. The minimum atomic E-state index is -3.73. The Kier molecular flexibility index (Phi) is 8.72. The number of sulfonamides is 1. The number of halogens is 1. The molecule has 0 saturated carbocycles. The third kappa shape index (κ3) is 5.73. The van der Waals surface area contributed by atoms with Crippen LogP contribution in [0.15, 0.2) is 77.7 Å². The lowest BCUT2D eigenvalue weighted by Crippen LogP contribution is -2.39. The van der Waals surface area contributed by atoms with Gasteiger partial charge in [-0.3, -0.25) is 18.9 Å². The van der Waals surface area contributed by atoms with Gasteiger partial charge in [0.2, 0.25) is 0 Å². The van der Waals surface area contributed by atoms with Gasteiger partial charge in [-0.25, -0.2) is 13.4 Å². The third-order valence-electron chi connectivity index (χ3n) is 7.25. The molecule has 1 saturated heterocycles. The minimum absolute atomic E-state index is 0. The molecule has 0 unspecified atom stereocenters. The zero-order chi connectivity index (χ0) is 26.8. The molecule has 0 atom stereocenters. The van der Waals surface area contributed by atoms with Crippen molar-refractivity contribution in [2.75, 3.05) is 55.1 Å². The molecule has 3 aromatic carbocycles. The van der Waals surface area contributed by atoms with Crippen LogP contribution in [-0.4, -0.2) is 70.1 Å². The Morgan fingerprint density at radius 2 is 1.68 bits per heavy atom. The molecule has 210 valence electrons. The lowest BCUT2D eigenvalue weighted by atomic mass is 10.2. The monoisotopic (exact) mass is 598 g/mol. The number of aromatic nitrogens is 1. The fourth-order valence-corrected chi connectivity index (χ4v) is 7.64. The van der Waals surface area contributed by atoms with Crippen LogP contribution in [0.4, 0.5) is 10.8 Å². The second-order valence-corrected chi connectivity index (χ2v) is 12.6. The first kappa shape index (κ1) is 28.5. The molecule has 2 aliphatic heterocycles. The molecule has 8 nitrogen and oxygen atoms in total. The summed E-state index contributed by atoms with van der Waals surface area (Å²) >= 11 is 1.49. The van der Waals surface area contributed by atoms with E-state index in [1.54, 1.807) is 17.0 Å². The number of para-hydroxylation sites is 2. The molecule has 2 aliphatic rings. The Morgan fingerprint density at radius 3 is 2.45 bits per heavy atom. The number of carbonyl (C=O) groups is 1. The summed E-state index contributed by atoms with van der Waals surface area (Å²) in [6.07, 6.45) is 1.48. The molecule has 0 bridgehead atoms. The van der Waals surface area contributed by atoms with Crippen molar-refractivity contribution in [3.8, 4) is 0 Å². The summed E-state index contributed by atoms with van der Waals surface area (Å²) in [6.45, 7) is 5.06. The summed E-state index contributed by atoms with van der Waals surface area (Å²) < 4.78 is 34.8. The number of morpholine rings is 1. The van der Waals surface area contributed by atoms with E-state index in [0.29, 0.717) is 30.2 Å². The zero-order valence-corrected chi connectivity index (χ0v) is 24.4. The Hall–Kier alpha value is -3.02. The molecule has 0 N–H and O–H groups in total. The van der Waals surface area contributed by atoms with Crippen molar-refractivity contribution in [2.45, 2.75) is 17.7 Å². The van der Waals surface area contributed by atoms with Gasteiger partial charge in [0.15, 0.2) is 5.13 Å². The van der Waals surface area contributed by atoms with E-state index < -0.39 is 10.0 Å². The van der Waals surface area contributed by atoms with Crippen LogP contribution in [0.2, 0.25) is 0 Å². The van der Waals surface area contributed by atoms with Crippen LogP contribution in [0, 0.1) is 0 Å². The van der Waals surface area contributed by atoms with Crippen LogP contribution in [0.3, 0.4) is 0 Å². The number of rotatable bonds is 8. The number of nitrogens with zero attached hydrogens (tertiary/aromatic N) is 4. The summed E-state index contributed by atoms with van der Waals surface area (Å²) in [4.78, 5) is 22.8. The number of thiazole rings is 1. The molecule has 40 heavy (non-hydrogen) atoms. The maximum Gasteiger partial charge on any atom is 0.264 e. The largest absolute Gasteiger partial charge is 0.379 e. The van der Waals surface area contributed by atoms with Crippen molar-refractivity contribution in [3.63, 3.8) is 0 Å². The summed E-state index contributed by atoms with van der Waals surface area (Å²) in [6, 6.07) is 21.7. The average molecular weight is 599 g/mol. The highest BCUT2D eigenvalue weighted by molar-refractivity contribution is 7.92. The zero-order valence-electron chi connectivity index (χ0n) is 21.9. The molecule has 1 fully saturated rings. The van der Waals surface area contributed by atoms with E-state index in [0.717, 1.165) is 60.7 Å². The second kappa shape index (κ2) is 12.2. The van der Waals surface area contributed by atoms with Crippen molar-refractivity contribution >= 4 is 60.7 Å². The first-order chi connectivity index (χ1) is 19.0. The van der Waals surface area contributed by atoms with Crippen molar-refractivity contribution in [3.05, 3.63) is 83.9 Å². The fraction of sp³-hybridized carbons (Fsp3) is 0.310. The predicted molar refractivity (Wildman–Crippen MR) is 162 cm³/mol. The quantitative estimate of drug-likeness (QED) is 0.289. The van der Waals surface area contributed by atoms with Crippen LogP contribution in [0.1, 0.15) is 22.3 Å². The normalized spacial score (nSPS) is 15.6. The Labute approximate surface area is 244 Å². The van der Waals surface area contributed by atoms with Crippen LogP contribution in [0.5, 0.6) is 0 Å². The van der Waals surface area contributed by atoms with Gasteiger partial charge in [0.25, 0.3) is 15.9 Å². The first-order valence-electron chi connectivity index (χ1n) is 13.2. The smallest absolute Gasteiger partial charge is 0.264 e. The van der Waals surface area contributed by atoms with Gasteiger partial charge in [0.05, 0.1) is 34.0 Å². The van der Waals surface area contributed by atoms with Crippen molar-refractivity contribution in [1.82, 2.24) is 9.88 Å². The molecule has 4 aromatic rings. The van der Waals surface area contributed by atoms with E-state index in [9.17, 15) is 13.2 Å². The van der Waals surface area contributed by atoms with Crippen molar-refractivity contribution < 1.29 is 17.9 Å². The number of hydrogen-bond acceptors (Lipinski definition) is 7. The molecule has 0 spiro atoms. The fourth-order valence-electron chi connectivity index (χ4n) is 5.15. The van der Waals surface area contributed by atoms with Crippen LogP contribution in [-0.2, 0) is 21.2 Å². The standard InChI is InChI=1S/C29H30N4O4S2.ClH/c34-28(23-10-12-24(13-11-23)39(35,36)33-17-14-22-6-1-3-8-26(22)33)32(16-5-15-31-18-20-37-21-19-31)29-30-25-7-2-4-9-27(25)38-29;/h1-4,6-13H,5,14-21H2;1H. The highest BCUT2D eigenvalue weighted by atomic mass is 35.5. The number of amides is 1. The highest BCUT2D eigenvalue weighted by Crippen LogP contribution is 2.33. The van der Waals surface area contributed by atoms with E-state index in [2.05, 4.69) is 4.90 Å². The van der Waals surface area contributed by atoms with Gasteiger partial charge in [-0.15, -0.1) is 12.4 Å². The number of carbonyl (C=O) groups excluding carboxylic acids is 1. The van der Waals surface area contributed by atoms with E-state index in [-0.39, 0.29) is 23.2 Å². The summed E-state index contributed by atoms with van der Waals surface area (Å²) in [5.74, 6) is -0.188. The molecule has 1 amide bonds. The minimum Gasteiger partial charge on any atom is -0.379 e. The van der Waals surface area contributed by atoms with Gasteiger partial charge in [0.1, 0.15) is 0 Å². The lowest BCUT2D eigenvalue weighted by molar-refractivity contribution is 0.0376. The van der Waals surface area contributed by atoms with Gasteiger partial charge < -0.3 is 4.74 Å². The van der Waals surface area contributed by atoms with E-state index >= 15 is 0 Å². The molecule has 1 aromatic heterocycles. The number of hydrogen-bond donors (Lipinski definition) is 0. The lowest BCUT2D eigenvalue weighted by Gasteiger charge is -2.27. The van der Waals surface area contributed by atoms with Gasteiger partial charge in [0, 0.05) is 38.3 Å². The molecule has 3 heterocycles. The van der Waals surface area contributed by atoms with Crippen LogP contribution < -0.4 is 9.21 Å². The topological polar surface area (TPSA) is 83.1 Å². The highest BCUT2D eigenvalue weighted by Gasteiger charge is 2.31. The Morgan fingerprint density at radius 1 is 0.950 bits per heavy atom. The summed E-state index contributed by atoms with van der Waals surface area (Å²) in [5, 5.41) is 0.647. The van der Waals surface area contributed by atoms with E-state index in [4.69, 9.17) is 9.72 Å².